The molecule has 5 nitrogen and oxygen atoms in total. The summed E-state index contributed by atoms with van der Waals surface area (Å²) in [6, 6.07) is 21.0. The molecule has 0 aliphatic carbocycles. The minimum Gasteiger partial charge on any atom is -0.322 e. The SMILES string of the molecule is CC(=O)N(C)c1ccc(NC(=O)c2ccccc2C(=O)c2ccc(C)cc2)cc1. The summed E-state index contributed by atoms with van der Waals surface area (Å²) >= 11 is 0. The maximum Gasteiger partial charge on any atom is 0.256 e. The van der Waals surface area contributed by atoms with Crippen LogP contribution in [0.4, 0.5) is 11.4 Å². The van der Waals surface area contributed by atoms with E-state index in [1.165, 1.54) is 11.8 Å². The van der Waals surface area contributed by atoms with E-state index in [0.29, 0.717) is 22.4 Å². The van der Waals surface area contributed by atoms with Gasteiger partial charge in [-0.3, -0.25) is 14.4 Å². The Labute approximate surface area is 170 Å². The predicted molar refractivity (Wildman–Crippen MR) is 115 cm³/mol. The number of benzene rings is 3. The van der Waals surface area contributed by atoms with E-state index in [1.54, 1.807) is 67.7 Å². The first-order valence-corrected chi connectivity index (χ1v) is 9.23. The molecule has 0 atom stereocenters. The molecular formula is C24H22N2O3. The highest BCUT2D eigenvalue weighted by atomic mass is 16.2. The van der Waals surface area contributed by atoms with Crippen LogP contribution in [0.5, 0.6) is 0 Å². The minimum atomic E-state index is -0.367. The molecule has 1 N–H and O–H groups in total. The van der Waals surface area contributed by atoms with Gasteiger partial charge in [0.1, 0.15) is 0 Å². The van der Waals surface area contributed by atoms with E-state index in [0.717, 1.165) is 11.3 Å². The van der Waals surface area contributed by atoms with E-state index in [2.05, 4.69) is 5.32 Å². The molecular weight excluding hydrogens is 364 g/mol. The van der Waals surface area contributed by atoms with Gasteiger partial charge in [-0.2, -0.15) is 0 Å². The summed E-state index contributed by atoms with van der Waals surface area (Å²) in [5.41, 5.74) is 3.56. The zero-order chi connectivity index (χ0) is 21.0. The molecule has 146 valence electrons. The lowest BCUT2D eigenvalue weighted by molar-refractivity contribution is -0.116. The lowest BCUT2D eigenvalue weighted by Gasteiger charge is -2.15. The fraction of sp³-hybridized carbons (Fsp3) is 0.125. The highest BCUT2D eigenvalue weighted by Gasteiger charge is 2.18. The van der Waals surface area contributed by atoms with Gasteiger partial charge < -0.3 is 10.2 Å². The van der Waals surface area contributed by atoms with Crippen LogP contribution >= 0.6 is 0 Å². The average molecular weight is 386 g/mol. The van der Waals surface area contributed by atoms with Crippen LogP contribution in [0.2, 0.25) is 0 Å². The highest BCUT2D eigenvalue weighted by Crippen LogP contribution is 2.20. The lowest BCUT2D eigenvalue weighted by atomic mass is 9.97. The third-order valence-electron chi connectivity index (χ3n) is 4.71. The maximum absolute atomic E-state index is 12.9. The maximum atomic E-state index is 12.9. The van der Waals surface area contributed by atoms with Gasteiger partial charge in [0.2, 0.25) is 5.91 Å². The van der Waals surface area contributed by atoms with E-state index < -0.39 is 0 Å². The Bertz CT molecular complexity index is 1050. The van der Waals surface area contributed by atoms with Gasteiger partial charge in [0.25, 0.3) is 5.91 Å². The van der Waals surface area contributed by atoms with Crippen molar-refractivity contribution in [3.8, 4) is 0 Å². The van der Waals surface area contributed by atoms with E-state index in [1.807, 2.05) is 19.1 Å². The topological polar surface area (TPSA) is 66.5 Å². The van der Waals surface area contributed by atoms with Crippen LogP contribution in [-0.4, -0.2) is 24.6 Å². The molecule has 0 heterocycles. The van der Waals surface area contributed by atoms with Crippen LogP contribution in [0.1, 0.15) is 38.8 Å². The van der Waals surface area contributed by atoms with Crippen LogP contribution in [-0.2, 0) is 4.79 Å². The highest BCUT2D eigenvalue weighted by molar-refractivity contribution is 6.17. The normalized spacial score (nSPS) is 10.3. The number of nitrogens with one attached hydrogen (secondary N) is 1. The Kier molecular flexibility index (Phi) is 5.88. The average Bonchev–Trinajstić information content (AvgIpc) is 2.73. The molecule has 0 aliphatic rings. The summed E-state index contributed by atoms with van der Waals surface area (Å²) in [5.74, 6) is -0.645. The molecule has 29 heavy (non-hydrogen) atoms. The molecule has 0 spiro atoms. The molecule has 0 bridgehead atoms. The Hall–Kier alpha value is -3.73. The van der Waals surface area contributed by atoms with Crippen molar-refractivity contribution in [2.45, 2.75) is 13.8 Å². The molecule has 0 aromatic heterocycles. The standard InChI is InChI=1S/C24H22N2O3/c1-16-8-10-18(11-9-16)23(28)21-6-4-5-7-22(21)24(29)25-19-12-14-20(15-13-19)26(3)17(2)27/h4-15H,1-3H3,(H,25,29). The van der Waals surface area contributed by atoms with Crippen LogP contribution in [0, 0.1) is 6.92 Å². The van der Waals surface area contributed by atoms with Gasteiger partial charge in [0.05, 0.1) is 5.56 Å². The number of aryl methyl sites for hydroxylation is 1. The number of hydrogen-bond acceptors (Lipinski definition) is 3. The Balaban J connectivity index is 1.82. The first-order chi connectivity index (χ1) is 13.9. The van der Waals surface area contributed by atoms with E-state index >= 15 is 0 Å². The van der Waals surface area contributed by atoms with Crippen LogP contribution < -0.4 is 10.2 Å². The van der Waals surface area contributed by atoms with Crippen molar-refractivity contribution in [1.29, 1.82) is 0 Å². The second kappa shape index (κ2) is 8.52. The van der Waals surface area contributed by atoms with E-state index in [9.17, 15) is 14.4 Å². The zero-order valence-corrected chi connectivity index (χ0v) is 16.6. The molecule has 5 heteroatoms. The summed E-state index contributed by atoms with van der Waals surface area (Å²) < 4.78 is 0. The van der Waals surface area contributed by atoms with Crippen molar-refractivity contribution in [3.05, 3.63) is 95.1 Å². The summed E-state index contributed by atoms with van der Waals surface area (Å²) in [6.07, 6.45) is 0. The molecule has 0 radical (unpaired) electrons. The molecule has 0 fully saturated rings. The van der Waals surface area contributed by atoms with Crippen molar-refractivity contribution in [3.63, 3.8) is 0 Å². The second-order valence-corrected chi connectivity index (χ2v) is 6.82. The second-order valence-electron chi connectivity index (χ2n) is 6.82. The lowest BCUT2D eigenvalue weighted by Crippen LogP contribution is -2.22. The molecule has 3 aromatic carbocycles. The van der Waals surface area contributed by atoms with Crippen LogP contribution in [0.25, 0.3) is 0 Å². The fourth-order valence-corrected chi connectivity index (χ4v) is 2.89. The third-order valence-corrected chi connectivity index (χ3v) is 4.71. The number of amides is 2. The van der Waals surface area contributed by atoms with Gasteiger partial charge >= 0.3 is 0 Å². The van der Waals surface area contributed by atoms with Gasteiger partial charge in [-0.1, -0.05) is 48.0 Å². The molecule has 3 aromatic rings. The molecule has 2 amide bonds. The molecule has 0 aliphatic heterocycles. The fourth-order valence-electron chi connectivity index (χ4n) is 2.89. The van der Waals surface area contributed by atoms with Gasteiger partial charge in [-0.15, -0.1) is 0 Å². The number of carbonyl (C=O) groups excluding carboxylic acids is 3. The first kappa shape index (κ1) is 20.0. The predicted octanol–water partition coefficient (Wildman–Crippen LogP) is 4.46. The van der Waals surface area contributed by atoms with Gasteiger partial charge in [0.15, 0.2) is 5.78 Å². The van der Waals surface area contributed by atoms with Crippen molar-refractivity contribution in [2.75, 3.05) is 17.3 Å². The molecule has 3 rings (SSSR count). The summed E-state index contributed by atoms with van der Waals surface area (Å²) in [4.78, 5) is 38.7. The Morgan fingerprint density at radius 1 is 0.793 bits per heavy atom. The van der Waals surface area contributed by atoms with Gasteiger partial charge in [0, 0.05) is 36.5 Å². The van der Waals surface area contributed by atoms with Gasteiger partial charge in [-0.05, 0) is 37.3 Å². The Morgan fingerprint density at radius 2 is 1.38 bits per heavy atom. The number of rotatable bonds is 5. The quantitative estimate of drug-likeness (QED) is 0.658. The van der Waals surface area contributed by atoms with Crippen LogP contribution in [0.15, 0.2) is 72.8 Å². The minimum absolute atomic E-state index is 0.0784. The van der Waals surface area contributed by atoms with Crippen LogP contribution in [0.3, 0.4) is 0 Å². The summed E-state index contributed by atoms with van der Waals surface area (Å²) in [6.45, 7) is 3.44. The van der Waals surface area contributed by atoms with E-state index in [-0.39, 0.29) is 17.6 Å². The summed E-state index contributed by atoms with van der Waals surface area (Å²) in [7, 11) is 1.68. The van der Waals surface area contributed by atoms with E-state index in [4.69, 9.17) is 0 Å². The summed E-state index contributed by atoms with van der Waals surface area (Å²) in [5, 5.41) is 2.81. The Morgan fingerprint density at radius 3 is 1.97 bits per heavy atom. The van der Waals surface area contributed by atoms with Crippen molar-refractivity contribution >= 4 is 29.0 Å². The smallest absolute Gasteiger partial charge is 0.256 e. The third kappa shape index (κ3) is 4.58. The molecule has 0 saturated heterocycles. The van der Waals surface area contributed by atoms with Crippen molar-refractivity contribution in [2.24, 2.45) is 0 Å². The van der Waals surface area contributed by atoms with Crippen molar-refractivity contribution in [1.82, 2.24) is 0 Å². The zero-order valence-electron chi connectivity index (χ0n) is 16.6. The van der Waals surface area contributed by atoms with Gasteiger partial charge in [-0.25, -0.2) is 0 Å². The number of ketones is 1. The monoisotopic (exact) mass is 386 g/mol. The number of hydrogen-bond donors (Lipinski definition) is 1. The van der Waals surface area contributed by atoms with Crippen molar-refractivity contribution < 1.29 is 14.4 Å². The molecule has 0 saturated carbocycles. The molecule has 0 unspecified atom stereocenters. The number of carbonyl (C=O) groups is 3. The number of nitrogens with zero attached hydrogens (tertiary/aromatic N) is 1. The largest absolute Gasteiger partial charge is 0.322 e. The number of anilines is 2. The first-order valence-electron chi connectivity index (χ1n) is 9.23.